The Labute approximate surface area is 104 Å². The summed E-state index contributed by atoms with van der Waals surface area (Å²) in [5.74, 6) is 0.290. The van der Waals surface area contributed by atoms with Crippen molar-refractivity contribution < 1.29 is 9.13 Å². The van der Waals surface area contributed by atoms with E-state index in [4.69, 9.17) is 4.74 Å². The summed E-state index contributed by atoms with van der Waals surface area (Å²) in [5, 5.41) is 3.10. The summed E-state index contributed by atoms with van der Waals surface area (Å²) < 4.78 is 18.4. The van der Waals surface area contributed by atoms with Crippen LogP contribution in [-0.2, 0) is 13.2 Å². The third-order valence-electron chi connectivity index (χ3n) is 2.25. The zero-order valence-corrected chi connectivity index (χ0v) is 10.4. The fourth-order valence-corrected chi connectivity index (χ4v) is 2.42. The molecular weight excluding hydrogens is 237 g/mol. The average Bonchev–Trinajstić information content (AvgIpc) is 2.75. The van der Waals surface area contributed by atoms with Crippen molar-refractivity contribution in [1.29, 1.82) is 0 Å². The van der Waals surface area contributed by atoms with E-state index >= 15 is 0 Å². The van der Waals surface area contributed by atoms with Gasteiger partial charge >= 0.3 is 0 Å². The highest BCUT2D eigenvalue weighted by molar-refractivity contribution is 7.11. The quantitative estimate of drug-likeness (QED) is 0.881. The van der Waals surface area contributed by atoms with Crippen LogP contribution < -0.4 is 10.1 Å². The predicted octanol–water partition coefficient (Wildman–Crippen LogP) is 3.19. The minimum Gasteiger partial charge on any atom is -0.488 e. The van der Waals surface area contributed by atoms with Crippen LogP contribution in [0.1, 0.15) is 9.75 Å². The number of halogens is 1. The van der Waals surface area contributed by atoms with E-state index in [1.807, 2.05) is 13.1 Å². The summed E-state index contributed by atoms with van der Waals surface area (Å²) in [6.45, 7) is 1.35. The second kappa shape index (κ2) is 5.80. The van der Waals surface area contributed by atoms with Gasteiger partial charge < -0.3 is 10.1 Å². The molecule has 2 aromatic rings. The van der Waals surface area contributed by atoms with Crippen molar-refractivity contribution in [3.8, 4) is 5.75 Å². The van der Waals surface area contributed by atoms with Crippen molar-refractivity contribution in [3.05, 3.63) is 52.0 Å². The monoisotopic (exact) mass is 251 g/mol. The highest BCUT2D eigenvalue weighted by Gasteiger charge is 2.01. The lowest BCUT2D eigenvalue weighted by molar-refractivity contribution is 0.308. The Morgan fingerprint density at radius 1 is 1.24 bits per heavy atom. The van der Waals surface area contributed by atoms with Gasteiger partial charge in [0.25, 0.3) is 0 Å². The molecular formula is C13H14FNOS. The maximum absolute atomic E-state index is 12.9. The summed E-state index contributed by atoms with van der Waals surface area (Å²) in [6.07, 6.45) is 0. The van der Waals surface area contributed by atoms with Crippen LogP contribution >= 0.6 is 11.3 Å². The van der Waals surface area contributed by atoms with Crippen molar-refractivity contribution in [1.82, 2.24) is 5.32 Å². The Hall–Kier alpha value is -1.39. The Balaban J connectivity index is 1.93. The number of hydrogen-bond donors (Lipinski definition) is 1. The van der Waals surface area contributed by atoms with Crippen LogP contribution in [0.2, 0.25) is 0 Å². The third-order valence-corrected chi connectivity index (χ3v) is 3.30. The molecule has 0 amide bonds. The van der Waals surface area contributed by atoms with Gasteiger partial charge in [0.15, 0.2) is 0 Å². The minimum absolute atomic E-state index is 0.274. The number of hydrogen-bond acceptors (Lipinski definition) is 3. The van der Waals surface area contributed by atoms with Crippen molar-refractivity contribution in [2.45, 2.75) is 13.2 Å². The van der Waals surface area contributed by atoms with E-state index in [-0.39, 0.29) is 5.82 Å². The van der Waals surface area contributed by atoms with Crippen LogP contribution in [0.3, 0.4) is 0 Å². The zero-order chi connectivity index (χ0) is 12.1. The molecule has 1 heterocycles. The summed E-state index contributed by atoms with van der Waals surface area (Å²) in [5.41, 5.74) is 0. The number of benzene rings is 1. The maximum Gasteiger partial charge on any atom is 0.126 e. The van der Waals surface area contributed by atoms with E-state index in [1.165, 1.54) is 17.0 Å². The van der Waals surface area contributed by atoms with E-state index in [0.717, 1.165) is 11.4 Å². The van der Waals surface area contributed by atoms with Gasteiger partial charge in [0.1, 0.15) is 18.2 Å². The second-order valence-electron chi connectivity index (χ2n) is 3.64. The van der Waals surface area contributed by atoms with Crippen LogP contribution in [0.25, 0.3) is 0 Å². The summed E-state index contributed by atoms with van der Waals surface area (Å²) in [7, 11) is 1.92. The molecule has 0 radical (unpaired) electrons. The van der Waals surface area contributed by atoms with Crippen molar-refractivity contribution in [2.75, 3.05) is 7.05 Å². The van der Waals surface area contributed by atoms with Crippen molar-refractivity contribution in [3.63, 3.8) is 0 Å². The number of rotatable bonds is 5. The Morgan fingerprint density at radius 3 is 2.82 bits per heavy atom. The first-order valence-electron chi connectivity index (χ1n) is 5.38. The van der Waals surface area contributed by atoms with Gasteiger partial charge in [-0.05, 0) is 31.3 Å². The highest BCUT2D eigenvalue weighted by atomic mass is 32.1. The largest absolute Gasteiger partial charge is 0.488 e. The van der Waals surface area contributed by atoms with Crippen LogP contribution in [0, 0.1) is 5.82 Å². The van der Waals surface area contributed by atoms with E-state index < -0.39 is 0 Å². The fourth-order valence-electron chi connectivity index (χ4n) is 1.48. The summed E-state index contributed by atoms with van der Waals surface area (Å²) >= 11 is 1.70. The molecule has 0 fully saturated rings. The molecule has 90 valence electrons. The molecule has 0 aliphatic rings. The van der Waals surface area contributed by atoms with Crippen LogP contribution in [-0.4, -0.2) is 7.05 Å². The molecule has 0 atom stereocenters. The Morgan fingerprint density at radius 2 is 2.06 bits per heavy atom. The minimum atomic E-state index is -0.274. The topological polar surface area (TPSA) is 21.3 Å². The Kier molecular flexibility index (Phi) is 4.12. The number of nitrogens with one attached hydrogen (secondary N) is 1. The smallest absolute Gasteiger partial charge is 0.126 e. The second-order valence-corrected chi connectivity index (χ2v) is 4.90. The van der Waals surface area contributed by atoms with Gasteiger partial charge in [-0.15, -0.1) is 11.3 Å². The molecule has 1 aromatic carbocycles. The van der Waals surface area contributed by atoms with Gasteiger partial charge in [0.2, 0.25) is 0 Å². The average molecular weight is 251 g/mol. The molecule has 0 aliphatic heterocycles. The lowest BCUT2D eigenvalue weighted by atomic mass is 10.3. The van der Waals surface area contributed by atoms with E-state index in [9.17, 15) is 4.39 Å². The van der Waals surface area contributed by atoms with Gasteiger partial charge in [0.05, 0.1) is 0 Å². The molecule has 17 heavy (non-hydrogen) atoms. The molecule has 0 saturated carbocycles. The normalized spacial score (nSPS) is 10.5. The molecule has 2 rings (SSSR count). The molecule has 0 bridgehead atoms. The van der Waals surface area contributed by atoms with Crippen LogP contribution in [0.4, 0.5) is 4.39 Å². The molecule has 0 unspecified atom stereocenters. The summed E-state index contributed by atoms with van der Waals surface area (Å²) in [4.78, 5) is 2.41. The lowest BCUT2D eigenvalue weighted by Gasteiger charge is -2.03. The van der Waals surface area contributed by atoms with Gasteiger partial charge in [-0.3, -0.25) is 0 Å². The highest BCUT2D eigenvalue weighted by Crippen LogP contribution is 2.19. The predicted molar refractivity (Wildman–Crippen MR) is 67.8 cm³/mol. The van der Waals surface area contributed by atoms with Crippen LogP contribution in [0.5, 0.6) is 5.75 Å². The lowest BCUT2D eigenvalue weighted by Crippen LogP contribution is -2.02. The Bertz CT molecular complexity index is 484. The first-order valence-corrected chi connectivity index (χ1v) is 6.20. The molecule has 4 heteroatoms. The van der Waals surface area contributed by atoms with Crippen molar-refractivity contribution >= 4 is 11.3 Å². The first-order chi connectivity index (χ1) is 8.28. The molecule has 2 nitrogen and oxygen atoms in total. The van der Waals surface area contributed by atoms with Gasteiger partial charge in [-0.25, -0.2) is 4.39 Å². The molecule has 1 aromatic heterocycles. The van der Waals surface area contributed by atoms with Crippen molar-refractivity contribution in [2.24, 2.45) is 0 Å². The summed E-state index contributed by atoms with van der Waals surface area (Å²) in [6, 6.07) is 10.3. The molecule has 1 N–H and O–H groups in total. The van der Waals surface area contributed by atoms with E-state index in [0.29, 0.717) is 12.4 Å². The zero-order valence-electron chi connectivity index (χ0n) is 9.57. The molecule has 0 spiro atoms. The van der Waals surface area contributed by atoms with Gasteiger partial charge in [-0.2, -0.15) is 0 Å². The van der Waals surface area contributed by atoms with Crippen LogP contribution in [0.15, 0.2) is 36.4 Å². The standard InChI is InChI=1S/C13H14FNOS/c1-15-8-12-5-6-13(17-12)9-16-11-4-2-3-10(14)7-11/h2-7,15H,8-9H2,1H3. The van der Waals surface area contributed by atoms with Gasteiger partial charge in [-0.1, -0.05) is 6.07 Å². The van der Waals surface area contributed by atoms with E-state index in [1.54, 1.807) is 23.5 Å². The number of thiophene rings is 1. The van der Waals surface area contributed by atoms with Gasteiger partial charge in [0, 0.05) is 22.4 Å². The molecule has 0 aliphatic carbocycles. The third kappa shape index (κ3) is 3.54. The number of ether oxygens (including phenoxy) is 1. The van der Waals surface area contributed by atoms with E-state index in [2.05, 4.69) is 11.4 Å². The fraction of sp³-hybridized carbons (Fsp3) is 0.231. The molecule has 0 saturated heterocycles. The first kappa shape index (κ1) is 12.1. The SMILES string of the molecule is CNCc1ccc(COc2cccc(F)c2)s1. The maximum atomic E-state index is 12.9.